The maximum absolute atomic E-state index is 12.1. The lowest BCUT2D eigenvalue weighted by Crippen LogP contribution is -2.49. The van der Waals surface area contributed by atoms with Crippen LogP contribution < -0.4 is 5.32 Å². The van der Waals surface area contributed by atoms with Gasteiger partial charge in [0.15, 0.2) is 0 Å². The lowest BCUT2D eigenvalue weighted by Gasteiger charge is -2.32. The summed E-state index contributed by atoms with van der Waals surface area (Å²) < 4.78 is 5.58. The number of nitrogens with zero attached hydrogens (tertiary/aromatic N) is 1. The normalized spacial score (nSPS) is 18.6. The Labute approximate surface area is 129 Å². The Bertz CT molecular complexity index is 501. The van der Waals surface area contributed by atoms with Gasteiger partial charge < -0.3 is 15.0 Å². The van der Waals surface area contributed by atoms with Crippen molar-refractivity contribution in [1.82, 2.24) is 10.2 Å². The minimum absolute atomic E-state index is 0.0525. The van der Waals surface area contributed by atoms with E-state index >= 15 is 0 Å². The number of amides is 2. The first-order valence-electron chi connectivity index (χ1n) is 7.33. The topological polar surface area (TPSA) is 58.6 Å². The molecule has 2 heterocycles. The van der Waals surface area contributed by atoms with Crippen molar-refractivity contribution in [2.45, 2.75) is 32.8 Å². The van der Waals surface area contributed by atoms with E-state index in [-0.39, 0.29) is 17.9 Å². The van der Waals surface area contributed by atoms with Crippen molar-refractivity contribution >= 4 is 23.2 Å². The van der Waals surface area contributed by atoms with Crippen molar-refractivity contribution in [3.05, 3.63) is 21.9 Å². The zero-order valence-electron chi connectivity index (χ0n) is 12.6. The van der Waals surface area contributed by atoms with E-state index in [9.17, 15) is 9.59 Å². The summed E-state index contributed by atoms with van der Waals surface area (Å²) in [7, 11) is 0. The van der Waals surface area contributed by atoms with E-state index in [4.69, 9.17) is 4.74 Å². The summed E-state index contributed by atoms with van der Waals surface area (Å²) in [6.45, 7) is 5.81. The van der Waals surface area contributed by atoms with Gasteiger partial charge >= 0.3 is 0 Å². The SMILES string of the molecule is CCCc1cc(C(=O)NC[C@H]2CN(C(C)=O)CCO2)cs1. The highest BCUT2D eigenvalue weighted by Crippen LogP contribution is 2.16. The molecule has 1 N–H and O–H groups in total. The van der Waals surface area contributed by atoms with E-state index < -0.39 is 0 Å². The average molecular weight is 310 g/mol. The second-order valence-corrected chi connectivity index (χ2v) is 6.22. The third-order valence-corrected chi connectivity index (χ3v) is 4.48. The quantitative estimate of drug-likeness (QED) is 0.900. The molecule has 2 rings (SSSR count). The number of nitrogens with one attached hydrogen (secondary N) is 1. The van der Waals surface area contributed by atoms with Crippen molar-refractivity contribution in [3.8, 4) is 0 Å². The summed E-state index contributed by atoms with van der Waals surface area (Å²) in [5.74, 6) is -0.0196. The zero-order valence-corrected chi connectivity index (χ0v) is 13.4. The Balaban J connectivity index is 1.81. The minimum Gasteiger partial charge on any atom is -0.373 e. The van der Waals surface area contributed by atoms with Crippen LogP contribution in [0.15, 0.2) is 11.4 Å². The summed E-state index contributed by atoms with van der Waals surface area (Å²) in [5.41, 5.74) is 0.711. The van der Waals surface area contributed by atoms with Gasteiger partial charge in [0.2, 0.25) is 5.91 Å². The van der Waals surface area contributed by atoms with Crippen LogP contribution >= 0.6 is 11.3 Å². The number of carbonyl (C=O) groups excluding carboxylic acids is 2. The lowest BCUT2D eigenvalue weighted by atomic mass is 10.2. The Hall–Kier alpha value is -1.40. The fourth-order valence-electron chi connectivity index (χ4n) is 2.31. The van der Waals surface area contributed by atoms with Gasteiger partial charge in [0.1, 0.15) is 0 Å². The molecule has 0 spiro atoms. The predicted molar refractivity (Wildman–Crippen MR) is 82.6 cm³/mol. The molecule has 6 heteroatoms. The summed E-state index contributed by atoms with van der Waals surface area (Å²) in [6.07, 6.45) is 1.97. The molecule has 0 saturated carbocycles. The van der Waals surface area contributed by atoms with Crippen LogP contribution in [0.3, 0.4) is 0 Å². The third-order valence-electron chi connectivity index (χ3n) is 3.49. The van der Waals surface area contributed by atoms with Crippen molar-refractivity contribution in [1.29, 1.82) is 0 Å². The first kappa shape index (κ1) is 16.0. The van der Waals surface area contributed by atoms with Gasteiger partial charge in [0.25, 0.3) is 5.91 Å². The summed E-state index contributed by atoms with van der Waals surface area (Å²) in [5, 5.41) is 4.78. The molecule has 0 unspecified atom stereocenters. The fourth-order valence-corrected chi connectivity index (χ4v) is 3.29. The van der Waals surface area contributed by atoms with E-state index in [1.165, 1.54) is 4.88 Å². The Morgan fingerprint density at radius 3 is 3.05 bits per heavy atom. The van der Waals surface area contributed by atoms with Crippen molar-refractivity contribution in [2.24, 2.45) is 0 Å². The number of ether oxygens (including phenoxy) is 1. The van der Waals surface area contributed by atoms with E-state index in [0.29, 0.717) is 31.8 Å². The lowest BCUT2D eigenvalue weighted by molar-refractivity contribution is -0.136. The molecule has 2 amide bonds. The van der Waals surface area contributed by atoms with Crippen LogP contribution in [0.25, 0.3) is 0 Å². The van der Waals surface area contributed by atoms with E-state index in [0.717, 1.165) is 12.8 Å². The Kier molecular flexibility index (Phi) is 5.76. The predicted octanol–water partition coefficient (Wildman–Crippen LogP) is 1.68. The maximum atomic E-state index is 12.1. The fraction of sp³-hybridized carbons (Fsp3) is 0.600. The van der Waals surface area contributed by atoms with Crippen LogP contribution in [0.1, 0.15) is 35.5 Å². The monoisotopic (exact) mass is 310 g/mol. The number of thiophene rings is 1. The van der Waals surface area contributed by atoms with Crippen LogP contribution in [0.2, 0.25) is 0 Å². The van der Waals surface area contributed by atoms with Crippen molar-refractivity contribution in [2.75, 3.05) is 26.2 Å². The highest BCUT2D eigenvalue weighted by atomic mass is 32.1. The molecule has 1 fully saturated rings. The molecule has 0 radical (unpaired) electrons. The molecule has 1 saturated heterocycles. The number of aryl methyl sites for hydroxylation is 1. The third kappa shape index (κ3) is 4.54. The Morgan fingerprint density at radius 1 is 1.52 bits per heavy atom. The number of carbonyl (C=O) groups is 2. The van der Waals surface area contributed by atoms with Gasteiger partial charge in [-0.15, -0.1) is 11.3 Å². The molecule has 0 aromatic carbocycles. The van der Waals surface area contributed by atoms with Gasteiger partial charge in [0, 0.05) is 36.8 Å². The first-order chi connectivity index (χ1) is 10.1. The highest BCUT2D eigenvalue weighted by Gasteiger charge is 2.22. The summed E-state index contributed by atoms with van der Waals surface area (Å²) in [6, 6.07) is 1.95. The van der Waals surface area contributed by atoms with Crippen LogP contribution in [0, 0.1) is 0 Å². The van der Waals surface area contributed by atoms with Gasteiger partial charge in [0.05, 0.1) is 18.3 Å². The summed E-state index contributed by atoms with van der Waals surface area (Å²) >= 11 is 1.62. The zero-order chi connectivity index (χ0) is 15.2. The van der Waals surface area contributed by atoms with Gasteiger partial charge in [-0.05, 0) is 12.5 Å². The van der Waals surface area contributed by atoms with Crippen LogP contribution in [0.4, 0.5) is 0 Å². The average Bonchev–Trinajstić information content (AvgIpc) is 2.94. The number of morpholine rings is 1. The molecule has 21 heavy (non-hydrogen) atoms. The number of hydrogen-bond acceptors (Lipinski definition) is 4. The minimum atomic E-state index is -0.125. The standard InChI is InChI=1S/C15H22N2O3S/c1-3-4-14-7-12(10-21-14)15(19)16-8-13-9-17(11(2)18)5-6-20-13/h7,10,13H,3-6,8-9H2,1-2H3,(H,16,19)/t13-/m0/s1. The first-order valence-corrected chi connectivity index (χ1v) is 8.20. The van der Waals surface area contributed by atoms with Crippen molar-refractivity contribution < 1.29 is 14.3 Å². The smallest absolute Gasteiger partial charge is 0.252 e. The van der Waals surface area contributed by atoms with Crippen molar-refractivity contribution in [3.63, 3.8) is 0 Å². The van der Waals surface area contributed by atoms with Gasteiger partial charge in [-0.25, -0.2) is 0 Å². The van der Waals surface area contributed by atoms with Gasteiger partial charge in [-0.1, -0.05) is 13.3 Å². The van der Waals surface area contributed by atoms with Gasteiger partial charge in [-0.3, -0.25) is 9.59 Å². The molecule has 1 aromatic rings. The van der Waals surface area contributed by atoms with Crippen LogP contribution in [0.5, 0.6) is 0 Å². The summed E-state index contributed by atoms with van der Waals surface area (Å²) in [4.78, 5) is 26.4. The highest BCUT2D eigenvalue weighted by molar-refractivity contribution is 7.10. The molecule has 0 aliphatic carbocycles. The molecule has 116 valence electrons. The van der Waals surface area contributed by atoms with Crippen LogP contribution in [-0.2, 0) is 16.0 Å². The molecule has 1 aliphatic rings. The molecule has 1 atom stereocenters. The second-order valence-electron chi connectivity index (χ2n) is 5.22. The maximum Gasteiger partial charge on any atom is 0.252 e. The van der Waals surface area contributed by atoms with E-state index in [1.807, 2.05) is 11.4 Å². The largest absolute Gasteiger partial charge is 0.373 e. The van der Waals surface area contributed by atoms with E-state index in [2.05, 4.69) is 12.2 Å². The molecule has 1 aromatic heterocycles. The molecular weight excluding hydrogens is 288 g/mol. The molecule has 0 bridgehead atoms. The van der Waals surface area contributed by atoms with E-state index in [1.54, 1.807) is 23.2 Å². The Morgan fingerprint density at radius 2 is 2.33 bits per heavy atom. The molecular formula is C15H22N2O3S. The second kappa shape index (κ2) is 7.56. The number of hydrogen-bond donors (Lipinski definition) is 1. The molecule has 5 nitrogen and oxygen atoms in total. The van der Waals surface area contributed by atoms with Crippen LogP contribution in [-0.4, -0.2) is 49.1 Å². The molecule has 1 aliphatic heterocycles. The van der Waals surface area contributed by atoms with Gasteiger partial charge in [-0.2, -0.15) is 0 Å². The number of rotatable bonds is 5.